The van der Waals surface area contributed by atoms with Crippen molar-refractivity contribution < 1.29 is 19.5 Å². The Bertz CT molecular complexity index is 1200. The predicted octanol–water partition coefficient (Wildman–Crippen LogP) is 4.02. The Balaban J connectivity index is 1.59. The first-order valence-electron chi connectivity index (χ1n) is 12.8. The number of hydrogen-bond donors (Lipinski definition) is 3. The van der Waals surface area contributed by atoms with Gasteiger partial charge < -0.3 is 20.6 Å². The Morgan fingerprint density at radius 1 is 1.14 bits per heavy atom. The third-order valence-electron chi connectivity index (χ3n) is 8.10. The van der Waals surface area contributed by atoms with Crippen LogP contribution in [0.3, 0.4) is 0 Å². The number of rotatable bonds is 8. The van der Waals surface area contributed by atoms with E-state index in [1.54, 1.807) is 40.9 Å². The van der Waals surface area contributed by atoms with Crippen LogP contribution in [-0.2, 0) is 14.4 Å². The molecular weight excluding hydrogens is 510 g/mol. The average Bonchev–Trinajstić information content (AvgIpc) is 3.46. The molecule has 0 aromatic heterocycles. The summed E-state index contributed by atoms with van der Waals surface area (Å²) in [4.78, 5) is 43.4. The molecule has 6 atom stereocenters. The van der Waals surface area contributed by atoms with Crippen molar-refractivity contribution in [3.8, 4) is 0 Å². The number of anilines is 1. The molecule has 3 saturated heterocycles. The fraction of sp³-hybridized carbons (Fsp3) is 0.464. The van der Waals surface area contributed by atoms with E-state index in [2.05, 4.69) is 10.6 Å². The number of nitrogens with one attached hydrogen (secondary N) is 2. The second kappa shape index (κ2) is 9.97. The lowest BCUT2D eigenvalue weighted by atomic mass is 9.66. The summed E-state index contributed by atoms with van der Waals surface area (Å²) < 4.78 is -1.21. The number of halogens is 1. The molecule has 7 nitrogen and oxygen atoms in total. The van der Waals surface area contributed by atoms with Crippen LogP contribution in [0.5, 0.6) is 0 Å². The van der Waals surface area contributed by atoms with E-state index in [9.17, 15) is 19.5 Å². The molecule has 3 aliphatic heterocycles. The zero-order valence-electron chi connectivity index (χ0n) is 20.9. The summed E-state index contributed by atoms with van der Waals surface area (Å²) >= 11 is 7.65. The standard InChI is InChI=1S/C28H32ClN3O4S/c1-3-15-30-24(34)21-22-26(36)32(20(16-33)17-7-5-4-6-8-17)23(28(22)14-13-27(21,2)37-28)25(35)31-19-11-9-18(29)10-12-19/h4-12,20-23,33H,3,13-16H2,1-2H3,(H,30,34)(H,31,35)/t20-,21+,22+,23?,27-,28?/m1/s1. The summed E-state index contributed by atoms with van der Waals surface area (Å²) in [5, 5.41) is 17.1. The minimum Gasteiger partial charge on any atom is -0.394 e. The van der Waals surface area contributed by atoms with Crippen LogP contribution in [0, 0.1) is 11.8 Å². The number of hydrogen-bond acceptors (Lipinski definition) is 5. The van der Waals surface area contributed by atoms with Crippen molar-refractivity contribution in [1.82, 2.24) is 10.2 Å². The zero-order valence-corrected chi connectivity index (χ0v) is 22.5. The van der Waals surface area contributed by atoms with Crippen LogP contribution in [0.15, 0.2) is 54.6 Å². The Hall–Kier alpha value is -2.55. The number of nitrogens with zero attached hydrogens (tertiary/aromatic N) is 1. The molecule has 3 fully saturated rings. The fourth-order valence-electron chi connectivity index (χ4n) is 6.53. The van der Waals surface area contributed by atoms with Crippen LogP contribution in [0.2, 0.25) is 5.02 Å². The number of thioether (sulfide) groups is 1. The molecule has 2 unspecified atom stereocenters. The average molecular weight is 542 g/mol. The second-order valence-electron chi connectivity index (χ2n) is 10.4. The minimum atomic E-state index is -0.853. The van der Waals surface area contributed by atoms with Gasteiger partial charge in [0.25, 0.3) is 0 Å². The van der Waals surface area contributed by atoms with Gasteiger partial charge >= 0.3 is 0 Å². The number of aliphatic hydroxyl groups is 1. The van der Waals surface area contributed by atoms with E-state index in [4.69, 9.17) is 11.6 Å². The number of carbonyl (C=O) groups is 3. The van der Waals surface area contributed by atoms with E-state index in [1.807, 2.05) is 44.2 Å². The smallest absolute Gasteiger partial charge is 0.248 e. The molecule has 0 radical (unpaired) electrons. The number of amides is 3. The third kappa shape index (κ3) is 4.23. The highest BCUT2D eigenvalue weighted by molar-refractivity contribution is 8.02. The Morgan fingerprint density at radius 2 is 1.84 bits per heavy atom. The summed E-state index contributed by atoms with van der Waals surface area (Å²) in [5.41, 5.74) is 1.32. The van der Waals surface area contributed by atoms with E-state index in [-0.39, 0.29) is 24.3 Å². The van der Waals surface area contributed by atoms with E-state index < -0.39 is 33.4 Å². The van der Waals surface area contributed by atoms with E-state index >= 15 is 0 Å². The summed E-state index contributed by atoms with van der Waals surface area (Å²) in [5.74, 6) is -1.88. The second-order valence-corrected chi connectivity index (χ2v) is 12.7. The first-order valence-corrected chi connectivity index (χ1v) is 14.0. The number of likely N-dealkylation sites (tertiary alicyclic amines) is 1. The van der Waals surface area contributed by atoms with Gasteiger partial charge in [0, 0.05) is 22.0 Å². The molecule has 196 valence electrons. The highest BCUT2D eigenvalue weighted by Gasteiger charge is 2.77. The summed E-state index contributed by atoms with van der Waals surface area (Å²) in [6, 6.07) is 14.5. The maximum atomic E-state index is 14.3. The van der Waals surface area contributed by atoms with Crippen molar-refractivity contribution in [2.45, 2.75) is 54.7 Å². The molecular formula is C28H32ClN3O4S. The van der Waals surface area contributed by atoms with Gasteiger partial charge in [-0.15, -0.1) is 11.8 Å². The highest BCUT2D eigenvalue weighted by Crippen LogP contribution is 2.72. The summed E-state index contributed by atoms with van der Waals surface area (Å²) in [7, 11) is 0. The van der Waals surface area contributed by atoms with Gasteiger partial charge in [0.15, 0.2) is 0 Å². The molecule has 5 rings (SSSR count). The van der Waals surface area contributed by atoms with Crippen molar-refractivity contribution in [1.29, 1.82) is 0 Å². The van der Waals surface area contributed by atoms with E-state index in [0.29, 0.717) is 23.7 Å². The van der Waals surface area contributed by atoms with Gasteiger partial charge in [-0.25, -0.2) is 0 Å². The lowest BCUT2D eigenvalue weighted by molar-refractivity contribution is -0.142. The lowest BCUT2D eigenvalue weighted by Crippen LogP contribution is -2.53. The molecule has 0 aliphatic carbocycles. The molecule has 3 N–H and O–H groups in total. The highest BCUT2D eigenvalue weighted by atomic mass is 35.5. The van der Waals surface area contributed by atoms with Crippen LogP contribution in [0.4, 0.5) is 5.69 Å². The van der Waals surface area contributed by atoms with Crippen molar-refractivity contribution in [3.63, 3.8) is 0 Å². The molecule has 2 aromatic rings. The normalized spacial score (nSPS) is 30.8. The summed E-state index contributed by atoms with van der Waals surface area (Å²) in [6.07, 6.45) is 2.18. The number of aliphatic hydroxyl groups excluding tert-OH is 1. The van der Waals surface area contributed by atoms with Gasteiger partial charge in [-0.05, 0) is 56.0 Å². The molecule has 2 bridgehead atoms. The largest absolute Gasteiger partial charge is 0.394 e. The number of benzene rings is 2. The fourth-order valence-corrected chi connectivity index (χ4v) is 9.00. The molecule has 1 spiro atoms. The van der Waals surface area contributed by atoms with E-state index in [1.165, 1.54) is 0 Å². The Morgan fingerprint density at radius 3 is 2.49 bits per heavy atom. The van der Waals surface area contributed by atoms with E-state index in [0.717, 1.165) is 18.4 Å². The van der Waals surface area contributed by atoms with Crippen molar-refractivity contribution in [2.75, 3.05) is 18.5 Å². The van der Waals surface area contributed by atoms with Crippen LogP contribution < -0.4 is 10.6 Å². The van der Waals surface area contributed by atoms with Crippen molar-refractivity contribution in [3.05, 3.63) is 65.2 Å². The molecule has 9 heteroatoms. The monoisotopic (exact) mass is 541 g/mol. The van der Waals surface area contributed by atoms with Crippen molar-refractivity contribution >= 4 is 46.8 Å². The predicted molar refractivity (Wildman–Crippen MR) is 145 cm³/mol. The maximum Gasteiger partial charge on any atom is 0.248 e. The van der Waals surface area contributed by atoms with Gasteiger partial charge in [0.1, 0.15) is 6.04 Å². The molecule has 3 heterocycles. The van der Waals surface area contributed by atoms with Gasteiger partial charge in [-0.1, -0.05) is 48.9 Å². The maximum absolute atomic E-state index is 14.3. The Labute approximate surface area is 226 Å². The molecule has 2 aromatic carbocycles. The number of fused-ring (bicyclic) bond motifs is 1. The van der Waals surface area contributed by atoms with Gasteiger partial charge in [-0.2, -0.15) is 0 Å². The van der Waals surface area contributed by atoms with Gasteiger partial charge in [0.05, 0.1) is 29.2 Å². The minimum absolute atomic E-state index is 0.129. The first-order chi connectivity index (χ1) is 17.8. The third-order valence-corrected chi connectivity index (χ3v) is 10.3. The van der Waals surface area contributed by atoms with Crippen LogP contribution in [0.1, 0.15) is 44.7 Å². The molecule has 3 aliphatic rings. The Kier molecular flexibility index (Phi) is 7.02. The molecule has 37 heavy (non-hydrogen) atoms. The SMILES string of the molecule is CCCNC(=O)[C@@H]1[C@H]2C(=O)N([C@H](CO)c3ccccc3)C(C(=O)Nc3ccc(Cl)cc3)C23CC[C@@]1(C)S3. The molecule has 0 saturated carbocycles. The topological polar surface area (TPSA) is 98.7 Å². The van der Waals surface area contributed by atoms with Crippen LogP contribution in [0.25, 0.3) is 0 Å². The lowest BCUT2D eigenvalue weighted by Gasteiger charge is -2.37. The van der Waals surface area contributed by atoms with Crippen LogP contribution in [-0.4, -0.2) is 56.4 Å². The zero-order chi connectivity index (χ0) is 26.4. The van der Waals surface area contributed by atoms with Gasteiger partial charge in [-0.3, -0.25) is 14.4 Å². The summed E-state index contributed by atoms with van der Waals surface area (Å²) in [6.45, 7) is 4.24. The van der Waals surface area contributed by atoms with Gasteiger partial charge in [0.2, 0.25) is 17.7 Å². The van der Waals surface area contributed by atoms with Crippen molar-refractivity contribution in [2.24, 2.45) is 11.8 Å². The quantitative estimate of drug-likeness (QED) is 0.469. The number of carbonyl (C=O) groups excluding carboxylic acids is 3. The van der Waals surface area contributed by atoms with Crippen LogP contribution >= 0.6 is 23.4 Å². The molecule has 3 amide bonds. The first kappa shape index (κ1) is 26.1.